The van der Waals surface area contributed by atoms with Gasteiger partial charge >= 0.3 is 0 Å². The summed E-state index contributed by atoms with van der Waals surface area (Å²) >= 11 is 16.9. The SMILES string of the molecule is [Mn].[NH-]NC(=S)[S-].[NH-]NC(=S)[S-]. The van der Waals surface area contributed by atoms with Crippen molar-refractivity contribution in [1.29, 1.82) is 0 Å². The summed E-state index contributed by atoms with van der Waals surface area (Å²) in [6.07, 6.45) is 0. The summed E-state index contributed by atoms with van der Waals surface area (Å²) in [5.41, 5.74) is 3.65. The molecule has 0 spiro atoms. The molecule has 1 radical (unpaired) electrons. The molecule has 0 aromatic carbocycles. The second kappa shape index (κ2) is 13.3. The summed E-state index contributed by atoms with van der Waals surface area (Å²) in [7, 11) is 0. The van der Waals surface area contributed by atoms with Crippen molar-refractivity contribution in [2.75, 3.05) is 0 Å². The number of thiocarbonyl (C=S) groups is 2. The molecule has 0 bridgehead atoms. The predicted octanol–water partition coefficient (Wildman–Crippen LogP) is 0.748. The van der Waals surface area contributed by atoms with Gasteiger partial charge in [-0.3, -0.25) is 0 Å². The van der Waals surface area contributed by atoms with Crippen LogP contribution in [0.15, 0.2) is 0 Å². The first-order chi connectivity index (χ1) is 4.54. The van der Waals surface area contributed by atoms with Gasteiger partial charge in [0.1, 0.15) is 0 Å². The monoisotopic (exact) mass is 267 g/mol. The van der Waals surface area contributed by atoms with Crippen LogP contribution in [-0.4, -0.2) is 8.64 Å². The van der Waals surface area contributed by atoms with E-state index in [4.69, 9.17) is 11.7 Å². The molecule has 0 amide bonds. The van der Waals surface area contributed by atoms with Gasteiger partial charge in [-0.15, -0.1) is 0 Å². The first-order valence-electron chi connectivity index (χ1n) is 1.82. The average Bonchev–Trinajstić information content (AvgIpc) is 1.89. The quantitative estimate of drug-likeness (QED) is 0.292. The topological polar surface area (TPSA) is 71.7 Å². The third-order valence-corrected chi connectivity index (χ3v) is 0.612. The second-order valence-electron chi connectivity index (χ2n) is 0.825. The molecule has 0 aromatic heterocycles. The Morgan fingerprint density at radius 3 is 1.09 bits per heavy atom. The fraction of sp³-hybridized carbons (Fsp3) is 0. The van der Waals surface area contributed by atoms with Crippen molar-refractivity contribution in [3.63, 3.8) is 0 Å². The smallest absolute Gasteiger partial charge is 0 e. The van der Waals surface area contributed by atoms with Gasteiger partial charge in [0, 0.05) is 17.1 Å². The molecule has 0 aliphatic rings. The predicted molar refractivity (Wildman–Crippen MR) is 54.8 cm³/mol. The van der Waals surface area contributed by atoms with Crippen LogP contribution in [0, 0.1) is 0 Å². The van der Waals surface area contributed by atoms with E-state index >= 15 is 0 Å². The Labute approximate surface area is 97.5 Å². The number of nitrogens with one attached hydrogen (secondary N) is 4. The first-order valence-corrected chi connectivity index (χ1v) is 3.45. The molecule has 0 unspecified atom stereocenters. The zero-order valence-electron chi connectivity index (χ0n) is 5.01. The number of rotatable bonds is 0. The molecule has 11 heavy (non-hydrogen) atoms. The summed E-state index contributed by atoms with van der Waals surface area (Å²) in [5.74, 6) is 12.3. The van der Waals surface area contributed by atoms with E-state index in [9.17, 15) is 0 Å². The Hall–Kier alpha value is 0.659. The van der Waals surface area contributed by atoms with Crippen LogP contribution < -0.4 is 10.9 Å². The molecule has 0 rings (SSSR count). The van der Waals surface area contributed by atoms with Gasteiger partial charge in [-0.05, 0) is 0 Å². The van der Waals surface area contributed by atoms with E-state index in [2.05, 4.69) is 49.7 Å². The molecule has 4 nitrogen and oxygen atoms in total. The van der Waals surface area contributed by atoms with Crippen molar-refractivity contribution in [2.45, 2.75) is 0 Å². The Balaban J connectivity index is -0.000000107. The maximum atomic E-state index is 6.16. The molecule has 0 heterocycles. The van der Waals surface area contributed by atoms with Crippen LogP contribution in [0.4, 0.5) is 0 Å². The number of hydrogen-bond donors (Lipinski definition) is 2. The third kappa shape index (κ3) is 36.8. The Morgan fingerprint density at radius 2 is 1.09 bits per heavy atom. The van der Waals surface area contributed by atoms with Crippen LogP contribution in [-0.2, 0) is 42.3 Å². The normalized spacial score (nSPS) is 6.00. The molecule has 67 valence electrons. The minimum absolute atomic E-state index is 0. The maximum absolute atomic E-state index is 6.16. The average molecular weight is 267 g/mol. The van der Waals surface area contributed by atoms with E-state index < -0.39 is 0 Å². The summed E-state index contributed by atoms with van der Waals surface area (Å²) in [6.45, 7) is 0. The van der Waals surface area contributed by atoms with Crippen molar-refractivity contribution < 1.29 is 17.1 Å². The van der Waals surface area contributed by atoms with Crippen LogP contribution in [0.5, 0.6) is 0 Å². The Kier molecular flexibility index (Phi) is 21.3. The molecule has 0 aromatic rings. The van der Waals surface area contributed by atoms with E-state index in [-0.39, 0.29) is 25.7 Å². The van der Waals surface area contributed by atoms with Crippen molar-refractivity contribution in [1.82, 2.24) is 10.9 Å². The molecular weight excluding hydrogens is 263 g/mol. The van der Waals surface area contributed by atoms with Gasteiger partial charge in [-0.2, -0.15) is 0 Å². The van der Waals surface area contributed by atoms with Crippen molar-refractivity contribution >= 4 is 58.3 Å². The fourth-order valence-electron chi connectivity index (χ4n) is 0. The summed E-state index contributed by atoms with van der Waals surface area (Å²) in [4.78, 5) is 0. The van der Waals surface area contributed by atoms with Gasteiger partial charge in [0.25, 0.3) is 0 Å². The van der Waals surface area contributed by atoms with Crippen LogP contribution in [0.3, 0.4) is 0 Å². The second-order valence-corrected chi connectivity index (χ2v) is 2.97. The Bertz CT molecular complexity index is 105. The molecule has 4 N–H and O–H groups in total. The summed E-state index contributed by atoms with van der Waals surface area (Å²) in [5, 5.41) is 0. The minimum Gasteiger partial charge on any atom is -0.587 e. The van der Waals surface area contributed by atoms with Crippen molar-refractivity contribution in [3.8, 4) is 0 Å². The first kappa shape index (κ1) is 17.7. The van der Waals surface area contributed by atoms with Crippen LogP contribution in [0.25, 0.3) is 11.7 Å². The summed E-state index contributed by atoms with van der Waals surface area (Å²) < 4.78 is 0.176. The van der Waals surface area contributed by atoms with Crippen LogP contribution in [0.1, 0.15) is 0 Å². The molecule has 0 saturated heterocycles. The molecule has 0 saturated carbocycles. The van der Waals surface area contributed by atoms with Gasteiger partial charge in [-0.1, -0.05) is 8.64 Å². The molecule has 0 aliphatic heterocycles. The van der Waals surface area contributed by atoms with E-state index in [1.54, 1.807) is 0 Å². The van der Waals surface area contributed by atoms with Crippen LogP contribution >= 0.6 is 24.4 Å². The molecule has 0 aliphatic carbocycles. The standard InChI is InChI=1S/2CH3N2S2.Mn/c2*2-3-1(4)5;/h2*2H,(H2,3,4,5);/q2*-1;/p-2. The fourth-order valence-corrected chi connectivity index (χ4v) is 0. The van der Waals surface area contributed by atoms with Gasteiger partial charge in [0.2, 0.25) is 0 Å². The zero-order chi connectivity index (χ0) is 8.57. The van der Waals surface area contributed by atoms with E-state index in [0.29, 0.717) is 0 Å². The summed E-state index contributed by atoms with van der Waals surface area (Å²) in [6, 6.07) is 0. The van der Waals surface area contributed by atoms with Gasteiger partial charge in [-0.25, -0.2) is 0 Å². The maximum Gasteiger partial charge on any atom is 0 e. The van der Waals surface area contributed by atoms with Gasteiger partial charge in [0.15, 0.2) is 0 Å². The van der Waals surface area contributed by atoms with Gasteiger partial charge < -0.3 is 72.2 Å². The zero-order valence-corrected chi connectivity index (χ0v) is 9.46. The van der Waals surface area contributed by atoms with E-state index in [1.165, 1.54) is 0 Å². The minimum atomic E-state index is 0. The largest absolute Gasteiger partial charge is 0.587 e. The Morgan fingerprint density at radius 1 is 1.00 bits per heavy atom. The third-order valence-electron chi connectivity index (χ3n) is 0.204. The van der Waals surface area contributed by atoms with E-state index in [1.807, 2.05) is 10.9 Å². The van der Waals surface area contributed by atoms with Crippen molar-refractivity contribution in [2.24, 2.45) is 0 Å². The molecular formula is C2H4MnN4S4-4. The van der Waals surface area contributed by atoms with Crippen LogP contribution in [0.2, 0.25) is 0 Å². The van der Waals surface area contributed by atoms with Gasteiger partial charge in [0.05, 0.1) is 0 Å². The number of hydrogen-bond acceptors (Lipinski definition) is 4. The van der Waals surface area contributed by atoms with Crippen molar-refractivity contribution in [3.05, 3.63) is 11.7 Å². The molecule has 0 fully saturated rings. The van der Waals surface area contributed by atoms with E-state index in [0.717, 1.165) is 0 Å². The molecule has 9 heteroatoms. The molecule has 0 atom stereocenters.